The Morgan fingerprint density at radius 3 is 2.46 bits per heavy atom. The van der Waals surface area contributed by atoms with Crippen molar-refractivity contribution in [2.24, 2.45) is 0 Å². The molecule has 2 unspecified atom stereocenters. The first-order valence-electron chi connectivity index (χ1n) is 9.55. The van der Waals surface area contributed by atoms with Crippen molar-refractivity contribution in [3.63, 3.8) is 0 Å². The summed E-state index contributed by atoms with van der Waals surface area (Å²) in [4.78, 5) is 1.96. The first kappa shape index (κ1) is 20.2. The van der Waals surface area contributed by atoms with Crippen LogP contribution in [0.2, 0.25) is 0 Å². The second-order valence-electron chi connectivity index (χ2n) is 7.78. The Kier molecular flexibility index (Phi) is 5.73. The van der Waals surface area contributed by atoms with Crippen molar-refractivity contribution in [1.82, 2.24) is 0 Å². The number of halogens is 3. The lowest BCUT2D eigenvalue weighted by Crippen LogP contribution is -2.31. The van der Waals surface area contributed by atoms with Gasteiger partial charge >= 0.3 is 6.18 Å². The van der Waals surface area contributed by atoms with Gasteiger partial charge in [0.2, 0.25) is 0 Å². The average Bonchev–Trinajstić information content (AvgIpc) is 3.45. The van der Waals surface area contributed by atoms with E-state index in [9.17, 15) is 13.2 Å². The van der Waals surface area contributed by atoms with Crippen LogP contribution in [0.3, 0.4) is 0 Å². The lowest BCUT2D eigenvalue weighted by atomic mass is 9.92. The van der Waals surface area contributed by atoms with Crippen molar-refractivity contribution >= 4 is 23.5 Å². The van der Waals surface area contributed by atoms with Gasteiger partial charge < -0.3 is 4.74 Å². The van der Waals surface area contributed by atoms with Gasteiger partial charge in [-0.05, 0) is 68.5 Å². The zero-order valence-corrected chi connectivity index (χ0v) is 17.3. The van der Waals surface area contributed by atoms with E-state index in [1.54, 1.807) is 6.07 Å². The molecule has 1 saturated carbocycles. The summed E-state index contributed by atoms with van der Waals surface area (Å²) in [5, 5.41) is 0.781. The summed E-state index contributed by atoms with van der Waals surface area (Å²) in [6.45, 7) is 2.75. The van der Waals surface area contributed by atoms with Gasteiger partial charge in [0.05, 0.1) is 11.7 Å². The van der Waals surface area contributed by atoms with Gasteiger partial charge in [0.15, 0.2) is 0 Å². The minimum Gasteiger partial charge on any atom is -0.373 e. The van der Waals surface area contributed by atoms with Gasteiger partial charge in [0, 0.05) is 26.4 Å². The molecular weight excluding hydrogens is 401 g/mol. The van der Waals surface area contributed by atoms with Gasteiger partial charge in [-0.2, -0.15) is 13.2 Å². The highest BCUT2D eigenvalue weighted by atomic mass is 32.2. The van der Waals surface area contributed by atoms with E-state index in [0.29, 0.717) is 11.5 Å². The summed E-state index contributed by atoms with van der Waals surface area (Å²) in [5.41, 5.74) is 0.559. The Labute approximate surface area is 172 Å². The quantitative estimate of drug-likeness (QED) is 0.496. The Morgan fingerprint density at radius 1 is 1.04 bits per heavy atom. The minimum atomic E-state index is -4.31. The molecule has 4 rings (SSSR count). The van der Waals surface area contributed by atoms with Crippen molar-refractivity contribution < 1.29 is 17.9 Å². The fourth-order valence-electron chi connectivity index (χ4n) is 3.44. The summed E-state index contributed by atoms with van der Waals surface area (Å²) in [5.74, 6) is 0. The van der Waals surface area contributed by atoms with E-state index in [0.717, 1.165) is 29.7 Å². The maximum atomic E-state index is 13.0. The summed E-state index contributed by atoms with van der Waals surface area (Å²) in [6, 6.07) is 14.2. The highest BCUT2D eigenvalue weighted by Crippen LogP contribution is 2.47. The van der Waals surface area contributed by atoms with Crippen molar-refractivity contribution in [1.29, 1.82) is 0 Å². The number of alkyl halides is 3. The maximum absolute atomic E-state index is 13.0. The molecule has 2 fully saturated rings. The van der Waals surface area contributed by atoms with E-state index in [4.69, 9.17) is 4.74 Å². The second-order valence-corrected chi connectivity index (χ2v) is 10.8. The molecule has 28 heavy (non-hydrogen) atoms. The van der Waals surface area contributed by atoms with Crippen molar-refractivity contribution in [3.8, 4) is 0 Å². The summed E-state index contributed by atoms with van der Waals surface area (Å²) < 4.78 is 44.9. The van der Waals surface area contributed by atoms with Crippen LogP contribution >= 0.6 is 23.5 Å². The van der Waals surface area contributed by atoms with Crippen LogP contribution in [0.25, 0.3) is 0 Å². The van der Waals surface area contributed by atoms with E-state index in [1.807, 2.05) is 11.8 Å². The third kappa shape index (κ3) is 5.08. The molecule has 2 aromatic carbocycles. The molecule has 0 bridgehead atoms. The Hall–Kier alpha value is -1.11. The Morgan fingerprint density at radius 2 is 1.79 bits per heavy atom. The molecule has 6 heteroatoms. The fourth-order valence-corrected chi connectivity index (χ4v) is 5.81. The fraction of sp³-hybridized carbons (Fsp3) is 0.455. The van der Waals surface area contributed by atoms with E-state index < -0.39 is 11.7 Å². The molecule has 1 saturated heterocycles. The van der Waals surface area contributed by atoms with Gasteiger partial charge in [0.1, 0.15) is 0 Å². The standard InChI is InChI=1S/C22H23F3OS2/c1-21(28-19-4-2-3-16(13-19)22(23,24)25)11-12-26-20(14-21)15-5-7-17(8-6-15)27-18-9-10-18/h2-8,13,18,20H,9-12,14H2,1H3. The molecule has 150 valence electrons. The number of thioether (sulfide) groups is 2. The van der Waals surface area contributed by atoms with E-state index in [2.05, 4.69) is 31.2 Å². The molecule has 1 aliphatic heterocycles. The molecular formula is C22H23F3OS2. The van der Waals surface area contributed by atoms with Crippen LogP contribution < -0.4 is 0 Å². The van der Waals surface area contributed by atoms with Crippen LogP contribution in [0, 0.1) is 0 Å². The Bertz CT molecular complexity index is 817. The molecule has 2 aromatic rings. The summed E-state index contributed by atoms with van der Waals surface area (Å²) >= 11 is 3.46. The number of ether oxygens (including phenoxy) is 1. The number of rotatable bonds is 5. The zero-order chi connectivity index (χ0) is 19.8. The summed E-state index contributed by atoms with van der Waals surface area (Å²) in [6.07, 6.45) is -0.108. The van der Waals surface area contributed by atoms with Crippen molar-refractivity contribution in [2.45, 2.75) is 64.7 Å². The largest absolute Gasteiger partial charge is 0.416 e. The number of benzene rings is 2. The molecule has 0 radical (unpaired) electrons. The topological polar surface area (TPSA) is 9.23 Å². The highest BCUT2D eigenvalue weighted by Gasteiger charge is 2.36. The zero-order valence-electron chi connectivity index (χ0n) is 15.7. The highest BCUT2D eigenvalue weighted by molar-refractivity contribution is 8.00. The maximum Gasteiger partial charge on any atom is 0.416 e. The van der Waals surface area contributed by atoms with E-state index in [-0.39, 0.29) is 10.9 Å². The molecule has 0 spiro atoms. The van der Waals surface area contributed by atoms with Crippen molar-refractivity contribution in [2.75, 3.05) is 6.61 Å². The first-order chi connectivity index (χ1) is 13.3. The van der Waals surface area contributed by atoms with Gasteiger partial charge in [-0.1, -0.05) is 18.2 Å². The monoisotopic (exact) mass is 424 g/mol. The number of hydrogen-bond acceptors (Lipinski definition) is 3. The minimum absolute atomic E-state index is 0.0166. The van der Waals surface area contributed by atoms with Crippen LogP contribution in [0.1, 0.15) is 49.8 Å². The van der Waals surface area contributed by atoms with Gasteiger partial charge in [-0.25, -0.2) is 0 Å². The second kappa shape index (κ2) is 7.96. The SMILES string of the molecule is CC1(Sc2cccc(C(F)(F)F)c2)CCOC(c2ccc(SC3CC3)cc2)C1. The molecule has 1 aliphatic carbocycles. The normalized spacial score (nSPS) is 25.6. The Balaban J connectivity index is 1.45. The molecule has 2 atom stereocenters. The molecule has 0 amide bonds. The third-order valence-corrected chi connectivity index (χ3v) is 7.87. The number of hydrogen-bond donors (Lipinski definition) is 0. The lowest BCUT2D eigenvalue weighted by molar-refractivity contribution is -0.137. The molecule has 0 N–H and O–H groups in total. The van der Waals surface area contributed by atoms with Gasteiger partial charge in [-0.15, -0.1) is 23.5 Å². The predicted octanol–water partition coefficient (Wildman–Crippen LogP) is 7.36. The smallest absolute Gasteiger partial charge is 0.373 e. The average molecular weight is 425 g/mol. The van der Waals surface area contributed by atoms with Crippen molar-refractivity contribution in [3.05, 3.63) is 59.7 Å². The van der Waals surface area contributed by atoms with Gasteiger partial charge in [-0.3, -0.25) is 0 Å². The predicted molar refractivity (Wildman–Crippen MR) is 109 cm³/mol. The van der Waals surface area contributed by atoms with Gasteiger partial charge in [0.25, 0.3) is 0 Å². The van der Waals surface area contributed by atoms with Crippen LogP contribution in [-0.4, -0.2) is 16.6 Å². The van der Waals surface area contributed by atoms with E-state index >= 15 is 0 Å². The van der Waals surface area contributed by atoms with Crippen LogP contribution in [0.4, 0.5) is 13.2 Å². The van der Waals surface area contributed by atoms with Crippen LogP contribution in [0.15, 0.2) is 58.3 Å². The first-order valence-corrected chi connectivity index (χ1v) is 11.2. The van der Waals surface area contributed by atoms with Crippen LogP contribution in [0.5, 0.6) is 0 Å². The van der Waals surface area contributed by atoms with Crippen LogP contribution in [-0.2, 0) is 10.9 Å². The third-order valence-electron chi connectivity index (χ3n) is 5.17. The summed E-state index contributed by atoms with van der Waals surface area (Å²) in [7, 11) is 0. The molecule has 0 aromatic heterocycles. The molecule has 1 heterocycles. The lowest BCUT2D eigenvalue weighted by Gasteiger charge is -2.38. The van der Waals surface area contributed by atoms with E-state index in [1.165, 1.54) is 41.6 Å². The molecule has 2 aliphatic rings. The molecule has 1 nitrogen and oxygen atoms in total.